The summed E-state index contributed by atoms with van der Waals surface area (Å²) < 4.78 is 38.4. The third-order valence-electron chi connectivity index (χ3n) is 4.26. The molecule has 0 radical (unpaired) electrons. The lowest BCUT2D eigenvalue weighted by Crippen LogP contribution is -2.50. The largest absolute Gasteiger partial charge is 0.497 e. The molecule has 0 spiro atoms. The van der Waals surface area contributed by atoms with Crippen LogP contribution in [0, 0.1) is 12.8 Å². The third-order valence-corrected chi connectivity index (χ3v) is 5.72. The molecule has 7 nitrogen and oxygen atoms in total. The molecule has 158 valence electrons. The van der Waals surface area contributed by atoms with Crippen molar-refractivity contribution in [1.82, 2.24) is 10.0 Å². The van der Waals surface area contributed by atoms with Gasteiger partial charge in [0.25, 0.3) is 0 Å². The van der Waals surface area contributed by atoms with E-state index < -0.39 is 22.0 Å². The number of carbonyl (C=O) groups is 1. The van der Waals surface area contributed by atoms with Crippen LogP contribution in [-0.2, 0) is 14.8 Å². The second-order valence-corrected chi connectivity index (χ2v) is 8.69. The van der Waals surface area contributed by atoms with E-state index in [1.54, 1.807) is 26.0 Å². The Morgan fingerprint density at radius 3 is 2.34 bits per heavy atom. The fraction of sp³-hybridized carbons (Fsp3) is 0.381. The molecule has 2 rings (SSSR count). The van der Waals surface area contributed by atoms with E-state index in [-0.39, 0.29) is 24.0 Å². The number of hydrogen-bond acceptors (Lipinski definition) is 5. The molecule has 0 saturated carbocycles. The van der Waals surface area contributed by atoms with Gasteiger partial charge in [-0.3, -0.25) is 4.79 Å². The molecule has 0 heterocycles. The summed E-state index contributed by atoms with van der Waals surface area (Å²) in [7, 11) is -2.35. The highest BCUT2D eigenvalue weighted by Crippen LogP contribution is 2.17. The van der Waals surface area contributed by atoms with Crippen molar-refractivity contribution in [3.8, 4) is 11.5 Å². The van der Waals surface area contributed by atoms with Crippen LogP contribution >= 0.6 is 0 Å². The van der Waals surface area contributed by atoms with E-state index in [9.17, 15) is 13.2 Å². The molecule has 2 aromatic carbocycles. The van der Waals surface area contributed by atoms with Crippen molar-refractivity contribution >= 4 is 15.9 Å². The Kier molecular flexibility index (Phi) is 8.04. The molecule has 8 heteroatoms. The first-order valence-corrected chi connectivity index (χ1v) is 10.8. The number of aryl methyl sites for hydroxylation is 1. The van der Waals surface area contributed by atoms with Gasteiger partial charge in [0.05, 0.1) is 18.6 Å². The minimum absolute atomic E-state index is 0.0690. The van der Waals surface area contributed by atoms with Crippen LogP contribution < -0.4 is 19.5 Å². The van der Waals surface area contributed by atoms with Gasteiger partial charge >= 0.3 is 0 Å². The number of hydrogen-bond donors (Lipinski definition) is 2. The lowest BCUT2D eigenvalue weighted by Gasteiger charge is -2.21. The molecule has 0 fully saturated rings. The normalized spacial score (nSPS) is 12.4. The average molecular weight is 421 g/mol. The summed E-state index contributed by atoms with van der Waals surface area (Å²) in [4.78, 5) is 12.6. The zero-order valence-electron chi connectivity index (χ0n) is 17.1. The zero-order valence-corrected chi connectivity index (χ0v) is 18.0. The molecule has 0 aliphatic rings. The summed E-state index contributed by atoms with van der Waals surface area (Å²) >= 11 is 0. The molecule has 1 amide bonds. The Morgan fingerprint density at radius 2 is 1.76 bits per heavy atom. The Hall–Kier alpha value is -2.58. The number of ether oxygens (including phenoxy) is 2. The molecule has 0 unspecified atom stereocenters. The quantitative estimate of drug-likeness (QED) is 0.576. The average Bonchev–Trinajstić information content (AvgIpc) is 2.69. The lowest BCUT2D eigenvalue weighted by atomic mass is 10.1. The zero-order chi connectivity index (χ0) is 21.4. The Balaban J connectivity index is 1.94. The molecular weight excluding hydrogens is 392 g/mol. The predicted molar refractivity (Wildman–Crippen MR) is 112 cm³/mol. The maximum atomic E-state index is 12.6. The lowest BCUT2D eigenvalue weighted by molar-refractivity contribution is -0.123. The van der Waals surface area contributed by atoms with E-state index in [4.69, 9.17) is 9.47 Å². The first-order valence-electron chi connectivity index (χ1n) is 9.36. The maximum Gasteiger partial charge on any atom is 0.241 e. The van der Waals surface area contributed by atoms with Crippen molar-refractivity contribution in [2.45, 2.75) is 31.7 Å². The van der Waals surface area contributed by atoms with Gasteiger partial charge in [-0.1, -0.05) is 26.0 Å². The van der Waals surface area contributed by atoms with Crippen molar-refractivity contribution in [2.24, 2.45) is 5.92 Å². The van der Waals surface area contributed by atoms with Gasteiger partial charge in [-0.15, -0.1) is 0 Å². The smallest absolute Gasteiger partial charge is 0.241 e. The van der Waals surface area contributed by atoms with Crippen LogP contribution in [0.2, 0.25) is 0 Å². The Bertz CT molecular complexity index is 911. The van der Waals surface area contributed by atoms with Crippen LogP contribution in [0.4, 0.5) is 0 Å². The first-order chi connectivity index (χ1) is 13.7. The molecule has 1 atom stereocenters. The monoisotopic (exact) mass is 420 g/mol. The molecule has 2 aromatic rings. The van der Waals surface area contributed by atoms with Gasteiger partial charge in [0, 0.05) is 0 Å². The highest BCUT2D eigenvalue weighted by atomic mass is 32.2. The number of rotatable bonds is 10. The fourth-order valence-electron chi connectivity index (χ4n) is 2.64. The van der Waals surface area contributed by atoms with Crippen LogP contribution in [0.15, 0.2) is 53.4 Å². The van der Waals surface area contributed by atoms with Crippen LogP contribution in [-0.4, -0.2) is 40.6 Å². The van der Waals surface area contributed by atoms with E-state index >= 15 is 0 Å². The minimum atomic E-state index is -3.85. The van der Waals surface area contributed by atoms with E-state index in [0.29, 0.717) is 5.75 Å². The highest BCUT2D eigenvalue weighted by Gasteiger charge is 2.28. The Morgan fingerprint density at radius 1 is 1.07 bits per heavy atom. The van der Waals surface area contributed by atoms with Gasteiger partial charge in [0.1, 0.15) is 24.1 Å². The van der Waals surface area contributed by atoms with Gasteiger partial charge < -0.3 is 14.8 Å². The topological polar surface area (TPSA) is 93.7 Å². The minimum Gasteiger partial charge on any atom is -0.497 e. The van der Waals surface area contributed by atoms with E-state index in [0.717, 1.165) is 11.3 Å². The molecule has 0 aromatic heterocycles. The van der Waals surface area contributed by atoms with Crippen LogP contribution in [0.1, 0.15) is 19.4 Å². The fourth-order valence-corrected chi connectivity index (χ4v) is 3.98. The summed E-state index contributed by atoms with van der Waals surface area (Å²) in [5.74, 6) is 0.640. The summed E-state index contributed by atoms with van der Waals surface area (Å²) in [5, 5.41) is 2.73. The number of sulfonamides is 1. The maximum absolute atomic E-state index is 12.6. The summed E-state index contributed by atoms with van der Waals surface area (Å²) in [5.41, 5.74) is 1.08. The SMILES string of the molecule is COc1ccc(S(=O)(=O)N[C@H](C(=O)NCCOc2cccc(C)c2)C(C)C)cc1. The number of benzene rings is 2. The van der Waals surface area contributed by atoms with Crippen molar-refractivity contribution < 1.29 is 22.7 Å². The molecule has 0 saturated heterocycles. The van der Waals surface area contributed by atoms with Gasteiger partial charge in [0.2, 0.25) is 15.9 Å². The van der Waals surface area contributed by atoms with Gasteiger partial charge in [-0.2, -0.15) is 4.72 Å². The van der Waals surface area contributed by atoms with E-state index in [2.05, 4.69) is 10.0 Å². The molecular formula is C21H28N2O5S. The van der Waals surface area contributed by atoms with Crippen molar-refractivity contribution in [3.63, 3.8) is 0 Å². The van der Waals surface area contributed by atoms with Gasteiger partial charge in [-0.25, -0.2) is 8.42 Å². The van der Waals surface area contributed by atoms with Crippen molar-refractivity contribution in [3.05, 3.63) is 54.1 Å². The van der Waals surface area contributed by atoms with Crippen molar-refractivity contribution in [1.29, 1.82) is 0 Å². The van der Waals surface area contributed by atoms with E-state index in [1.165, 1.54) is 19.2 Å². The molecule has 0 bridgehead atoms. The number of methoxy groups -OCH3 is 1. The second-order valence-electron chi connectivity index (χ2n) is 6.97. The summed E-state index contributed by atoms with van der Waals surface area (Å²) in [6.45, 7) is 6.08. The number of amides is 1. The number of nitrogens with one attached hydrogen (secondary N) is 2. The second kappa shape index (κ2) is 10.3. The van der Waals surface area contributed by atoms with Gasteiger partial charge in [0.15, 0.2) is 0 Å². The van der Waals surface area contributed by atoms with E-state index in [1.807, 2.05) is 31.2 Å². The van der Waals surface area contributed by atoms with Gasteiger partial charge in [-0.05, 0) is 54.8 Å². The van der Waals surface area contributed by atoms with Crippen LogP contribution in [0.5, 0.6) is 11.5 Å². The van der Waals surface area contributed by atoms with Crippen molar-refractivity contribution in [2.75, 3.05) is 20.3 Å². The molecule has 29 heavy (non-hydrogen) atoms. The summed E-state index contributed by atoms with van der Waals surface area (Å²) in [6.07, 6.45) is 0. The molecule has 0 aliphatic heterocycles. The number of carbonyl (C=O) groups excluding carboxylic acids is 1. The molecule has 0 aliphatic carbocycles. The predicted octanol–water partition coefficient (Wildman–Crippen LogP) is 2.50. The highest BCUT2D eigenvalue weighted by molar-refractivity contribution is 7.89. The first kappa shape index (κ1) is 22.7. The van der Waals surface area contributed by atoms with Crippen LogP contribution in [0.25, 0.3) is 0 Å². The van der Waals surface area contributed by atoms with Crippen LogP contribution in [0.3, 0.4) is 0 Å². The third kappa shape index (κ3) is 6.76. The summed E-state index contributed by atoms with van der Waals surface area (Å²) in [6, 6.07) is 12.7. The Labute approximate surface area is 172 Å². The molecule has 2 N–H and O–H groups in total. The standard InChI is InChI=1S/C21H28N2O5S/c1-15(2)20(23-29(25,26)19-10-8-17(27-4)9-11-19)21(24)22-12-13-28-18-7-5-6-16(3)14-18/h5-11,14-15,20,23H,12-13H2,1-4H3,(H,22,24)/t20-/m0/s1.